The fourth-order valence-corrected chi connectivity index (χ4v) is 3.43. The minimum Gasteiger partial charge on any atom is -0.492 e. The van der Waals surface area contributed by atoms with Crippen LogP contribution in [0.1, 0.15) is 21.5 Å². The summed E-state index contributed by atoms with van der Waals surface area (Å²) in [5, 5.41) is 0. The Labute approximate surface area is 172 Å². The number of carbonyl (C=O) groups excluding carboxylic acids is 2. The van der Waals surface area contributed by atoms with Crippen molar-refractivity contribution in [2.45, 2.75) is 13.3 Å². The van der Waals surface area contributed by atoms with Gasteiger partial charge in [0.2, 0.25) is 5.91 Å². The van der Waals surface area contributed by atoms with Crippen LogP contribution in [0.25, 0.3) is 0 Å². The number of nitrogens with zero attached hydrogens (tertiary/aromatic N) is 2. The third-order valence-corrected chi connectivity index (χ3v) is 5.26. The molecule has 1 heterocycles. The summed E-state index contributed by atoms with van der Waals surface area (Å²) in [5.74, 6) is 0.469. The zero-order chi connectivity index (χ0) is 20.6. The van der Waals surface area contributed by atoms with Gasteiger partial charge >= 0.3 is 5.97 Å². The predicted octanol–water partition coefficient (Wildman–Crippen LogP) is 2.55. The molecule has 1 aliphatic heterocycles. The Morgan fingerprint density at radius 2 is 1.76 bits per heavy atom. The molecule has 1 aliphatic rings. The van der Waals surface area contributed by atoms with Crippen LogP contribution in [0.4, 0.5) is 0 Å². The molecule has 6 nitrogen and oxygen atoms in total. The predicted molar refractivity (Wildman–Crippen MR) is 111 cm³/mol. The van der Waals surface area contributed by atoms with E-state index < -0.39 is 0 Å². The van der Waals surface area contributed by atoms with Gasteiger partial charge in [-0.15, -0.1) is 0 Å². The average molecular weight is 396 g/mol. The molecule has 0 saturated carbocycles. The lowest BCUT2D eigenvalue weighted by Gasteiger charge is -2.34. The van der Waals surface area contributed by atoms with E-state index in [0.717, 1.165) is 43.9 Å². The van der Waals surface area contributed by atoms with Crippen molar-refractivity contribution in [3.63, 3.8) is 0 Å². The molecule has 2 aromatic rings. The van der Waals surface area contributed by atoms with E-state index in [1.165, 1.54) is 7.11 Å². The molecular formula is C23H28N2O4. The van der Waals surface area contributed by atoms with Gasteiger partial charge in [0, 0.05) is 32.7 Å². The zero-order valence-electron chi connectivity index (χ0n) is 17.1. The quantitative estimate of drug-likeness (QED) is 0.673. The van der Waals surface area contributed by atoms with Gasteiger partial charge in [-0.25, -0.2) is 4.79 Å². The number of amides is 1. The van der Waals surface area contributed by atoms with E-state index in [4.69, 9.17) is 9.47 Å². The monoisotopic (exact) mass is 396 g/mol. The van der Waals surface area contributed by atoms with Gasteiger partial charge in [0.05, 0.1) is 19.1 Å². The highest BCUT2D eigenvalue weighted by molar-refractivity contribution is 5.89. The number of esters is 1. The molecule has 0 unspecified atom stereocenters. The fraction of sp³-hybridized carbons (Fsp3) is 0.391. The minimum absolute atomic E-state index is 0.190. The molecule has 1 saturated heterocycles. The molecule has 0 radical (unpaired) electrons. The van der Waals surface area contributed by atoms with Gasteiger partial charge in [-0.3, -0.25) is 9.69 Å². The van der Waals surface area contributed by atoms with Crippen molar-refractivity contribution in [2.75, 3.05) is 46.4 Å². The van der Waals surface area contributed by atoms with Gasteiger partial charge in [0.25, 0.3) is 0 Å². The van der Waals surface area contributed by atoms with E-state index in [1.807, 2.05) is 42.2 Å². The number of hydrogen-bond donors (Lipinski definition) is 0. The summed E-state index contributed by atoms with van der Waals surface area (Å²) in [6.45, 7) is 6.51. The topological polar surface area (TPSA) is 59.1 Å². The van der Waals surface area contributed by atoms with Crippen molar-refractivity contribution in [3.05, 3.63) is 65.2 Å². The molecule has 0 bridgehead atoms. The molecule has 1 amide bonds. The third-order valence-electron chi connectivity index (χ3n) is 5.26. The molecule has 2 aromatic carbocycles. The van der Waals surface area contributed by atoms with Crippen molar-refractivity contribution < 1.29 is 19.1 Å². The number of aryl methyl sites for hydroxylation is 1. The Morgan fingerprint density at radius 1 is 1.00 bits per heavy atom. The zero-order valence-corrected chi connectivity index (χ0v) is 17.1. The standard InChI is InChI=1S/C23H28N2O4/c1-18-6-3-4-7-19(18)17-22(26)25-12-10-24(11-13-25)14-15-29-21-9-5-8-20(16-21)23(27)28-2/h3-9,16H,10-15,17H2,1-2H3. The number of rotatable bonds is 7. The Kier molecular flexibility index (Phi) is 7.25. The Balaban J connectivity index is 1.40. The Bertz CT molecular complexity index is 844. The molecule has 0 N–H and O–H groups in total. The second kappa shape index (κ2) is 10.1. The van der Waals surface area contributed by atoms with Gasteiger partial charge in [-0.2, -0.15) is 0 Å². The largest absolute Gasteiger partial charge is 0.492 e. The summed E-state index contributed by atoms with van der Waals surface area (Å²) < 4.78 is 10.5. The van der Waals surface area contributed by atoms with Crippen LogP contribution in [0.15, 0.2) is 48.5 Å². The first-order chi connectivity index (χ1) is 14.1. The highest BCUT2D eigenvalue weighted by atomic mass is 16.5. The molecule has 6 heteroatoms. The minimum atomic E-state index is -0.373. The number of ether oxygens (including phenoxy) is 2. The van der Waals surface area contributed by atoms with Crippen molar-refractivity contribution in [1.29, 1.82) is 0 Å². The average Bonchev–Trinajstić information content (AvgIpc) is 2.75. The molecule has 0 aromatic heterocycles. The van der Waals surface area contributed by atoms with Gasteiger partial charge in [-0.1, -0.05) is 30.3 Å². The SMILES string of the molecule is COC(=O)c1cccc(OCCN2CCN(C(=O)Cc3ccccc3C)CC2)c1. The smallest absolute Gasteiger partial charge is 0.337 e. The molecule has 154 valence electrons. The van der Waals surface area contributed by atoms with Crippen LogP contribution in [-0.2, 0) is 16.0 Å². The van der Waals surface area contributed by atoms with Crippen LogP contribution in [-0.4, -0.2) is 68.1 Å². The summed E-state index contributed by atoms with van der Waals surface area (Å²) in [6.07, 6.45) is 0.465. The first kappa shape index (κ1) is 20.9. The first-order valence-electron chi connectivity index (χ1n) is 9.92. The molecule has 29 heavy (non-hydrogen) atoms. The number of methoxy groups -OCH3 is 1. The lowest BCUT2D eigenvalue weighted by atomic mass is 10.1. The van der Waals surface area contributed by atoms with Crippen molar-refractivity contribution in [2.24, 2.45) is 0 Å². The maximum Gasteiger partial charge on any atom is 0.337 e. The van der Waals surface area contributed by atoms with Crippen LogP contribution in [0.5, 0.6) is 5.75 Å². The van der Waals surface area contributed by atoms with Crippen LogP contribution in [0, 0.1) is 6.92 Å². The van der Waals surface area contributed by atoms with Gasteiger partial charge in [0.1, 0.15) is 12.4 Å². The maximum atomic E-state index is 12.6. The number of piperazine rings is 1. The number of benzene rings is 2. The van der Waals surface area contributed by atoms with Gasteiger partial charge < -0.3 is 14.4 Å². The van der Waals surface area contributed by atoms with E-state index in [0.29, 0.717) is 24.3 Å². The van der Waals surface area contributed by atoms with Gasteiger partial charge in [0.15, 0.2) is 0 Å². The van der Waals surface area contributed by atoms with E-state index in [9.17, 15) is 9.59 Å². The van der Waals surface area contributed by atoms with Crippen LogP contribution < -0.4 is 4.74 Å². The van der Waals surface area contributed by atoms with E-state index in [2.05, 4.69) is 4.90 Å². The van der Waals surface area contributed by atoms with Crippen LogP contribution in [0.2, 0.25) is 0 Å². The second-order valence-corrected chi connectivity index (χ2v) is 7.19. The molecule has 0 aliphatic carbocycles. The Hall–Kier alpha value is -2.86. The van der Waals surface area contributed by atoms with Gasteiger partial charge in [-0.05, 0) is 36.2 Å². The molecular weight excluding hydrogens is 368 g/mol. The van der Waals surface area contributed by atoms with Crippen LogP contribution >= 0.6 is 0 Å². The third kappa shape index (κ3) is 5.81. The van der Waals surface area contributed by atoms with E-state index >= 15 is 0 Å². The molecule has 0 atom stereocenters. The highest BCUT2D eigenvalue weighted by Gasteiger charge is 2.21. The summed E-state index contributed by atoms with van der Waals surface area (Å²) in [6, 6.07) is 15.0. The molecule has 0 spiro atoms. The maximum absolute atomic E-state index is 12.6. The fourth-order valence-electron chi connectivity index (χ4n) is 3.43. The van der Waals surface area contributed by atoms with Crippen molar-refractivity contribution >= 4 is 11.9 Å². The van der Waals surface area contributed by atoms with Crippen molar-refractivity contribution in [1.82, 2.24) is 9.80 Å². The highest BCUT2D eigenvalue weighted by Crippen LogP contribution is 2.15. The normalized spacial score (nSPS) is 14.5. The van der Waals surface area contributed by atoms with E-state index in [1.54, 1.807) is 18.2 Å². The second-order valence-electron chi connectivity index (χ2n) is 7.19. The molecule has 3 rings (SSSR count). The summed E-state index contributed by atoms with van der Waals surface area (Å²) in [7, 11) is 1.36. The summed E-state index contributed by atoms with van der Waals surface area (Å²) in [4.78, 5) is 28.4. The molecule has 1 fully saturated rings. The van der Waals surface area contributed by atoms with Crippen molar-refractivity contribution in [3.8, 4) is 5.75 Å². The van der Waals surface area contributed by atoms with E-state index in [-0.39, 0.29) is 11.9 Å². The number of hydrogen-bond acceptors (Lipinski definition) is 5. The lowest BCUT2D eigenvalue weighted by molar-refractivity contribution is -0.132. The summed E-state index contributed by atoms with van der Waals surface area (Å²) >= 11 is 0. The first-order valence-corrected chi connectivity index (χ1v) is 9.92. The summed E-state index contributed by atoms with van der Waals surface area (Å²) in [5.41, 5.74) is 2.74. The lowest BCUT2D eigenvalue weighted by Crippen LogP contribution is -2.50. The number of carbonyl (C=O) groups is 2. The Morgan fingerprint density at radius 3 is 2.48 bits per heavy atom. The van der Waals surface area contributed by atoms with Crippen LogP contribution in [0.3, 0.4) is 0 Å².